The maximum atomic E-state index is 11.2. The van der Waals surface area contributed by atoms with Gasteiger partial charge in [-0.2, -0.15) is 0 Å². The standard InChI is InChI=1S/C16H28N4O2/c1-5-15(21)17-7-9-19(3)11-13-20(4,14-12-19)10-8-18-16(22)6-2/h5-6H,1-2,7-14H2,3-4H3/p+2. The van der Waals surface area contributed by atoms with Crippen molar-refractivity contribution in [3.8, 4) is 0 Å². The number of nitrogens with zero attached hydrogens (tertiary/aromatic N) is 2. The van der Waals surface area contributed by atoms with Crippen molar-refractivity contribution in [1.82, 2.24) is 10.6 Å². The molecule has 6 nitrogen and oxygen atoms in total. The van der Waals surface area contributed by atoms with Crippen LogP contribution < -0.4 is 10.6 Å². The second-order valence-electron chi connectivity index (χ2n) is 6.57. The quantitative estimate of drug-likeness (QED) is 0.469. The molecule has 0 aliphatic carbocycles. The summed E-state index contributed by atoms with van der Waals surface area (Å²) < 4.78 is 1.95. The lowest BCUT2D eigenvalue weighted by Gasteiger charge is -2.46. The summed E-state index contributed by atoms with van der Waals surface area (Å²) in [6, 6.07) is 0. The van der Waals surface area contributed by atoms with Gasteiger partial charge in [-0.15, -0.1) is 0 Å². The minimum absolute atomic E-state index is 0.109. The van der Waals surface area contributed by atoms with Crippen molar-refractivity contribution in [2.75, 3.05) is 66.5 Å². The number of piperazine rings is 1. The van der Waals surface area contributed by atoms with Crippen LogP contribution in [0.2, 0.25) is 0 Å². The second kappa shape index (κ2) is 8.10. The number of nitrogens with one attached hydrogen (secondary N) is 2. The molecule has 0 radical (unpaired) electrons. The number of carbonyl (C=O) groups excluding carboxylic acids is 2. The lowest BCUT2D eigenvalue weighted by molar-refractivity contribution is -1.01. The number of hydrogen-bond acceptors (Lipinski definition) is 2. The van der Waals surface area contributed by atoms with Gasteiger partial charge in [0.1, 0.15) is 26.2 Å². The first kappa shape index (κ1) is 18.4. The van der Waals surface area contributed by atoms with Gasteiger partial charge in [-0.05, 0) is 12.2 Å². The van der Waals surface area contributed by atoms with Crippen molar-refractivity contribution in [2.45, 2.75) is 0 Å². The van der Waals surface area contributed by atoms with Crippen LogP contribution in [0.5, 0.6) is 0 Å². The number of likely N-dealkylation sites (N-methyl/N-ethyl adjacent to an activating group) is 2. The van der Waals surface area contributed by atoms with E-state index in [1.54, 1.807) is 0 Å². The first-order valence-electron chi connectivity index (χ1n) is 7.80. The molecule has 2 N–H and O–H groups in total. The van der Waals surface area contributed by atoms with Crippen LogP contribution in [-0.4, -0.2) is 87.2 Å². The van der Waals surface area contributed by atoms with E-state index >= 15 is 0 Å². The number of amides is 2. The van der Waals surface area contributed by atoms with Gasteiger partial charge in [0.25, 0.3) is 0 Å². The Labute approximate surface area is 133 Å². The minimum Gasteiger partial charge on any atom is -0.347 e. The monoisotopic (exact) mass is 310 g/mol. The fraction of sp³-hybridized carbons (Fsp3) is 0.625. The summed E-state index contributed by atoms with van der Waals surface area (Å²) in [6.07, 6.45) is 2.61. The van der Waals surface area contributed by atoms with Crippen LogP contribution in [0.4, 0.5) is 0 Å². The number of rotatable bonds is 8. The highest BCUT2D eigenvalue weighted by molar-refractivity contribution is 5.87. The van der Waals surface area contributed by atoms with Crippen LogP contribution in [0.25, 0.3) is 0 Å². The van der Waals surface area contributed by atoms with Crippen LogP contribution in [0, 0.1) is 0 Å². The fourth-order valence-corrected chi connectivity index (χ4v) is 2.68. The molecular weight excluding hydrogens is 280 g/mol. The molecule has 0 aromatic rings. The molecule has 0 aromatic carbocycles. The molecule has 0 saturated carbocycles. The molecule has 0 unspecified atom stereocenters. The van der Waals surface area contributed by atoms with Gasteiger partial charge in [0.2, 0.25) is 11.8 Å². The molecule has 1 aliphatic rings. The molecule has 1 aliphatic heterocycles. The van der Waals surface area contributed by atoms with Gasteiger partial charge in [-0.3, -0.25) is 9.59 Å². The van der Waals surface area contributed by atoms with Crippen LogP contribution >= 0.6 is 0 Å². The number of hydrogen-bond donors (Lipinski definition) is 2. The highest BCUT2D eigenvalue weighted by Gasteiger charge is 2.36. The summed E-state index contributed by atoms with van der Waals surface area (Å²) in [5.74, 6) is -0.218. The summed E-state index contributed by atoms with van der Waals surface area (Å²) in [5, 5.41) is 5.69. The molecule has 2 amide bonds. The van der Waals surface area contributed by atoms with Gasteiger partial charge in [-0.1, -0.05) is 13.2 Å². The lowest BCUT2D eigenvalue weighted by Crippen LogP contribution is -2.66. The molecule has 0 bridgehead atoms. The van der Waals surface area contributed by atoms with Gasteiger partial charge >= 0.3 is 0 Å². The summed E-state index contributed by atoms with van der Waals surface area (Å²) in [7, 11) is 4.48. The molecule has 1 heterocycles. The van der Waals surface area contributed by atoms with Gasteiger partial charge in [0, 0.05) is 0 Å². The smallest absolute Gasteiger partial charge is 0.243 e. The molecule has 1 saturated heterocycles. The Morgan fingerprint density at radius 1 is 0.864 bits per heavy atom. The SMILES string of the molecule is C=CC(=O)NCC[N+]1(C)CC[N+](C)(CCNC(=O)C=C)CC1. The Hall–Kier alpha value is -1.66. The zero-order valence-electron chi connectivity index (χ0n) is 13.9. The highest BCUT2D eigenvalue weighted by atomic mass is 16.2. The second-order valence-corrected chi connectivity index (χ2v) is 6.57. The first-order chi connectivity index (χ1) is 10.3. The van der Waals surface area contributed by atoms with Gasteiger partial charge in [0.05, 0.1) is 40.3 Å². The highest BCUT2D eigenvalue weighted by Crippen LogP contribution is 2.14. The van der Waals surface area contributed by atoms with E-state index in [0.29, 0.717) is 13.1 Å². The maximum Gasteiger partial charge on any atom is 0.243 e. The Balaban J connectivity index is 2.33. The van der Waals surface area contributed by atoms with Crippen LogP contribution in [0.3, 0.4) is 0 Å². The van der Waals surface area contributed by atoms with Crippen molar-refractivity contribution >= 4 is 11.8 Å². The molecule has 0 spiro atoms. The molecule has 0 atom stereocenters. The third-order valence-electron chi connectivity index (χ3n) is 4.63. The summed E-state index contributed by atoms with van der Waals surface area (Å²) >= 11 is 0. The summed E-state index contributed by atoms with van der Waals surface area (Å²) in [6.45, 7) is 14.5. The predicted molar refractivity (Wildman–Crippen MR) is 88.0 cm³/mol. The van der Waals surface area contributed by atoms with E-state index in [-0.39, 0.29) is 11.8 Å². The fourth-order valence-electron chi connectivity index (χ4n) is 2.68. The average Bonchev–Trinajstić information content (AvgIpc) is 2.50. The number of carbonyl (C=O) groups is 2. The van der Waals surface area contributed by atoms with Crippen LogP contribution in [0.1, 0.15) is 0 Å². The van der Waals surface area contributed by atoms with Crippen molar-refractivity contribution < 1.29 is 18.6 Å². The van der Waals surface area contributed by atoms with Gasteiger partial charge in [-0.25, -0.2) is 0 Å². The summed E-state index contributed by atoms with van der Waals surface area (Å²) in [5.41, 5.74) is 0. The van der Waals surface area contributed by atoms with Crippen LogP contribution in [-0.2, 0) is 9.59 Å². The van der Waals surface area contributed by atoms with Gasteiger partial charge < -0.3 is 19.6 Å². The molecule has 0 aromatic heterocycles. The minimum atomic E-state index is -0.109. The first-order valence-corrected chi connectivity index (χ1v) is 7.80. The van der Waals surface area contributed by atoms with E-state index in [2.05, 4.69) is 37.9 Å². The Kier molecular flexibility index (Phi) is 6.77. The van der Waals surface area contributed by atoms with Crippen molar-refractivity contribution in [1.29, 1.82) is 0 Å². The molecule has 6 heteroatoms. The largest absolute Gasteiger partial charge is 0.347 e. The summed E-state index contributed by atoms with van der Waals surface area (Å²) in [4.78, 5) is 22.4. The van der Waals surface area contributed by atoms with Crippen molar-refractivity contribution in [3.63, 3.8) is 0 Å². The van der Waals surface area contributed by atoms with E-state index in [1.807, 2.05) is 0 Å². The van der Waals surface area contributed by atoms with Crippen molar-refractivity contribution in [3.05, 3.63) is 25.3 Å². The van der Waals surface area contributed by atoms with E-state index in [1.165, 1.54) is 12.2 Å². The Bertz CT molecular complexity index is 386. The lowest BCUT2D eigenvalue weighted by atomic mass is 10.2. The van der Waals surface area contributed by atoms with Crippen molar-refractivity contribution in [2.24, 2.45) is 0 Å². The van der Waals surface area contributed by atoms with E-state index in [0.717, 1.165) is 48.2 Å². The zero-order valence-corrected chi connectivity index (χ0v) is 13.9. The zero-order chi connectivity index (χ0) is 16.6. The molecule has 22 heavy (non-hydrogen) atoms. The normalized spacial score (nSPS) is 27.7. The predicted octanol–water partition coefficient (Wildman–Crippen LogP) is -0.502. The molecule has 124 valence electrons. The third-order valence-corrected chi connectivity index (χ3v) is 4.63. The molecule has 1 fully saturated rings. The number of quaternary nitrogens is 2. The van der Waals surface area contributed by atoms with Crippen LogP contribution in [0.15, 0.2) is 25.3 Å². The molecular formula is C16H30N4O2+2. The van der Waals surface area contributed by atoms with E-state index in [9.17, 15) is 9.59 Å². The Morgan fingerprint density at radius 2 is 1.18 bits per heavy atom. The average molecular weight is 310 g/mol. The van der Waals surface area contributed by atoms with E-state index in [4.69, 9.17) is 0 Å². The van der Waals surface area contributed by atoms with Gasteiger partial charge in [0.15, 0.2) is 0 Å². The molecule has 1 rings (SSSR count). The Morgan fingerprint density at radius 3 is 1.45 bits per heavy atom. The van der Waals surface area contributed by atoms with E-state index < -0.39 is 0 Å². The maximum absolute atomic E-state index is 11.2. The third kappa shape index (κ3) is 5.99. The topological polar surface area (TPSA) is 58.2 Å².